The first-order chi connectivity index (χ1) is 15.2. The molecule has 0 radical (unpaired) electrons. The summed E-state index contributed by atoms with van der Waals surface area (Å²) < 4.78 is 2.02. The van der Waals surface area contributed by atoms with Crippen molar-refractivity contribution in [2.24, 2.45) is 7.05 Å². The number of anilines is 1. The smallest absolute Gasteiger partial charge is 0.320 e. The Morgan fingerprint density at radius 1 is 0.903 bits per heavy atom. The number of pyridine rings is 1. The van der Waals surface area contributed by atoms with Crippen molar-refractivity contribution in [3.05, 3.63) is 103 Å². The number of benzene rings is 3. The molecule has 6 heteroatoms. The number of rotatable bonds is 4. The van der Waals surface area contributed by atoms with Gasteiger partial charge in [-0.25, -0.2) is 9.78 Å². The highest BCUT2D eigenvalue weighted by Crippen LogP contribution is 2.26. The molecule has 0 saturated heterocycles. The summed E-state index contributed by atoms with van der Waals surface area (Å²) in [7, 11) is 1.97. The van der Waals surface area contributed by atoms with E-state index in [1.54, 1.807) is 6.20 Å². The Morgan fingerprint density at radius 2 is 1.68 bits per heavy atom. The molecule has 2 amide bonds. The third-order valence-electron chi connectivity index (χ3n) is 5.37. The van der Waals surface area contributed by atoms with E-state index < -0.39 is 6.04 Å². The minimum absolute atomic E-state index is 0.320. The van der Waals surface area contributed by atoms with E-state index in [1.165, 1.54) is 0 Å². The minimum atomic E-state index is -0.415. The number of carbonyl (C=O) groups is 1. The van der Waals surface area contributed by atoms with Crippen molar-refractivity contribution in [2.75, 3.05) is 5.32 Å². The summed E-state index contributed by atoms with van der Waals surface area (Å²) in [5.74, 6) is 0.763. The van der Waals surface area contributed by atoms with Gasteiger partial charge in [-0.2, -0.15) is 0 Å². The molecule has 31 heavy (non-hydrogen) atoms. The molecular formula is C25H21N5O. The predicted octanol–water partition coefficient (Wildman–Crippen LogP) is 5.03. The summed E-state index contributed by atoms with van der Waals surface area (Å²) in [5, 5.41) is 7.03. The number of aromatic nitrogens is 3. The van der Waals surface area contributed by atoms with Crippen molar-refractivity contribution in [2.45, 2.75) is 6.04 Å². The first-order valence-electron chi connectivity index (χ1n) is 10.1. The summed E-state index contributed by atoms with van der Waals surface area (Å²) in [6.07, 6.45) is 1.72. The molecule has 5 rings (SSSR count). The highest BCUT2D eigenvalue weighted by molar-refractivity contribution is 5.99. The highest BCUT2D eigenvalue weighted by Gasteiger charge is 2.23. The van der Waals surface area contributed by atoms with Crippen LogP contribution in [0.1, 0.15) is 17.4 Å². The van der Waals surface area contributed by atoms with Crippen molar-refractivity contribution >= 4 is 33.7 Å². The average molecular weight is 407 g/mol. The van der Waals surface area contributed by atoms with E-state index in [4.69, 9.17) is 4.98 Å². The molecule has 2 heterocycles. The zero-order chi connectivity index (χ0) is 21.2. The second-order valence-electron chi connectivity index (χ2n) is 7.34. The lowest BCUT2D eigenvalue weighted by Gasteiger charge is -2.20. The summed E-state index contributed by atoms with van der Waals surface area (Å²) in [4.78, 5) is 22.3. The standard InChI is InChI=1S/C25H21N5O/c1-30-21-15-6-5-13-19(21)27-24(30)23(18-9-3-2-4-10-18)29-25(31)28-20-14-7-11-17-12-8-16-26-22(17)20/h2-16,23H,1H3,(H2,28,29,31). The van der Waals surface area contributed by atoms with E-state index in [9.17, 15) is 4.79 Å². The fourth-order valence-corrected chi connectivity index (χ4v) is 3.86. The van der Waals surface area contributed by atoms with Gasteiger partial charge in [0.25, 0.3) is 0 Å². The number of imidazole rings is 1. The number of urea groups is 1. The van der Waals surface area contributed by atoms with Crippen molar-refractivity contribution < 1.29 is 4.79 Å². The second-order valence-corrected chi connectivity index (χ2v) is 7.34. The van der Waals surface area contributed by atoms with Crippen LogP contribution in [0.3, 0.4) is 0 Å². The van der Waals surface area contributed by atoms with Gasteiger partial charge >= 0.3 is 6.03 Å². The lowest BCUT2D eigenvalue weighted by atomic mass is 10.1. The Morgan fingerprint density at radius 3 is 2.52 bits per heavy atom. The quantitative estimate of drug-likeness (QED) is 0.439. The topological polar surface area (TPSA) is 71.8 Å². The van der Waals surface area contributed by atoms with Gasteiger partial charge < -0.3 is 15.2 Å². The number of aryl methyl sites for hydroxylation is 1. The minimum Gasteiger partial charge on any atom is -0.329 e. The fourth-order valence-electron chi connectivity index (χ4n) is 3.86. The molecule has 0 aliphatic rings. The SMILES string of the molecule is Cn1c(C(NC(=O)Nc2cccc3cccnc23)c2ccccc2)nc2ccccc21. The molecular weight excluding hydrogens is 386 g/mol. The van der Waals surface area contributed by atoms with E-state index in [-0.39, 0.29) is 6.03 Å². The second kappa shape index (κ2) is 7.91. The number of nitrogens with zero attached hydrogens (tertiary/aromatic N) is 3. The van der Waals surface area contributed by atoms with Crippen molar-refractivity contribution in [1.29, 1.82) is 0 Å². The molecule has 1 unspecified atom stereocenters. The van der Waals surface area contributed by atoms with Crippen LogP contribution in [0.15, 0.2) is 91.1 Å². The third kappa shape index (κ3) is 3.59. The lowest BCUT2D eigenvalue weighted by molar-refractivity contribution is 0.249. The highest BCUT2D eigenvalue weighted by atomic mass is 16.2. The third-order valence-corrected chi connectivity index (χ3v) is 5.37. The van der Waals surface area contributed by atoms with Crippen LogP contribution in [0.4, 0.5) is 10.5 Å². The van der Waals surface area contributed by atoms with E-state index in [1.807, 2.05) is 96.5 Å². The zero-order valence-corrected chi connectivity index (χ0v) is 17.0. The van der Waals surface area contributed by atoms with E-state index in [2.05, 4.69) is 15.6 Å². The molecule has 1 atom stereocenters. The molecule has 2 aromatic heterocycles. The van der Waals surface area contributed by atoms with E-state index >= 15 is 0 Å². The molecule has 3 aromatic carbocycles. The molecule has 6 nitrogen and oxygen atoms in total. The van der Waals surface area contributed by atoms with E-state index in [0.29, 0.717) is 5.69 Å². The van der Waals surface area contributed by atoms with Gasteiger partial charge in [-0.3, -0.25) is 4.98 Å². The Hall–Kier alpha value is -4.19. The molecule has 0 spiro atoms. The first-order valence-corrected chi connectivity index (χ1v) is 10.1. The van der Waals surface area contributed by atoms with Crippen LogP contribution in [-0.4, -0.2) is 20.6 Å². The molecule has 0 saturated carbocycles. The summed E-state index contributed by atoms with van der Waals surface area (Å²) in [6, 6.07) is 26.6. The average Bonchev–Trinajstić information content (AvgIpc) is 3.15. The number of carbonyl (C=O) groups excluding carboxylic acids is 1. The molecule has 0 fully saturated rings. The van der Waals surface area contributed by atoms with Gasteiger partial charge in [-0.15, -0.1) is 0 Å². The fraction of sp³-hybridized carbons (Fsp3) is 0.0800. The number of hydrogen-bond acceptors (Lipinski definition) is 3. The number of amides is 2. The van der Waals surface area contributed by atoms with Crippen molar-refractivity contribution in [1.82, 2.24) is 19.9 Å². The number of fused-ring (bicyclic) bond motifs is 2. The van der Waals surface area contributed by atoms with Gasteiger partial charge in [0.2, 0.25) is 0 Å². The molecule has 0 bridgehead atoms. The molecule has 152 valence electrons. The Bertz CT molecular complexity index is 1370. The normalized spacial score (nSPS) is 12.0. The Kier molecular flexibility index (Phi) is 4.80. The Balaban J connectivity index is 1.50. The maximum atomic E-state index is 13.1. The van der Waals surface area contributed by atoms with Gasteiger partial charge in [0.1, 0.15) is 11.9 Å². The monoisotopic (exact) mass is 407 g/mol. The van der Waals surface area contributed by atoms with Crippen molar-refractivity contribution in [3.63, 3.8) is 0 Å². The van der Waals surface area contributed by atoms with Gasteiger partial charge in [-0.05, 0) is 29.8 Å². The summed E-state index contributed by atoms with van der Waals surface area (Å²) in [5.41, 5.74) is 4.26. The molecule has 5 aromatic rings. The lowest BCUT2D eigenvalue weighted by Crippen LogP contribution is -2.34. The maximum absolute atomic E-state index is 13.1. The molecule has 0 aliphatic carbocycles. The predicted molar refractivity (Wildman–Crippen MR) is 123 cm³/mol. The van der Waals surface area contributed by atoms with Crippen LogP contribution in [0.2, 0.25) is 0 Å². The van der Waals surface area contributed by atoms with Crippen molar-refractivity contribution in [3.8, 4) is 0 Å². The first kappa shape index (κ1) is 18.8. The van der Waals surface area contributed by atoms with Crippen LogP contribution < -0.4 is 10.6 Å². The van der Waals surface area contributed by atoms with Gasteiger partial charge in [0.15, 0.2) is 0 Å². The number of para-hydroxylation sites is 3. The van der Waals surface area contributed by atoms with Gasteiger partial charge in [0, 0.05) is 18.6 Å². The summed E-state index contributed by atoms with van der Waals surface area (Å²) >= 11 is 0. The van der Waals surface area contributed by atoms with Crippen LogP contribution >= 0.6 is 0 Å². The van der Waals surface area contributed by atoms with Gasteiger partial charge in [0.05, 0.1) is 22.2 Å². The Labute approximate surface area is 179 Å². The van der Waals surface area contributed by atoms with E-state index in [0.717, 1.165) is 33.3 Å². The van der Waals surface area contributed by atoms with Gasteiger partial charge in [-0.1, -0.05) is 60.7 Å². The van der Waals surface area contributed by atoms with Crippen LogP contribution in [0, 0.1) is 0 Å². The number of hydrogen-bond donors (Lipinski definition) is 2. The van der Waals surface area contributed by atoms with Crippen LogP contribution in [0.5, 0.6) is 0 Å². The van der Waals surface area contributed by atoms with Crippen LogP contribution in [-0.2, 0) is 7.05 Å². The van der Waals surface area contributed by atoms with Crippen LogP contribution in [0.25, 0.3) is 21.9 Å². The number of nitrogens with one attached hydrogen (secondary N) is 2. The maximum Gasteiger partial charge on any atom is 0.320 e. The largest absolute Gasteiger partial charge is 0.329 e. The molecule has 0 aliphatic heterocycles. The zero-order valence-electron chi connectivity index (χ0n) is 17.0. The molecule has 2 N–H and O–H groups in total. The summed E-state index contributed by atoms with van der Waals surface area (Å²) in [6.45, 7) is 0.